The van der Waals surface area contributed by atoms with Gasteiger partial charge in [0.2, 0.25) is 0 Å². The number of carbonyl (C=O) groups is 1. The van der Waals surface area contributed by atoms with Crippen LogP contribution in [0.15, 0.2) is 33.9 Å². The summed E-state index contributed by atoms with van der Waals surface area (Å²) in [6, 6.07) is 4.36. The number of alkyl halides is 3. The summed E-state index contributed by atoms with van der Waals surface area (Å²) < 4.78 is 40.0. The van der Waals surface area contributed by atoms with E-state index in [1.54, 1.807) is 0 Å². The van der Waals surface area contributed by atoms with E-state index in [-0.39, 0.29) is 28.0 Å². The Morgan fingerprint density at radius 3 is 2.36 bits per heavy atom. The predicted octanol–water partition coefficient (Wildman–Crippen LogP) is 3.97. The van der Waals surface area contributed by atoms with Gasteiger partial charge in [0.1, 0.15) is 5.69 Å². The molecule has 0 aliphatic heterocycles. The van der Waals surface area contributed by atoms with Crippen molar-refractivity contribution >= 4 is 17.4 Å². The molecule has 1 aromatic heterocycles. The van der Waals surface area contributed by atoms with Crippen LogP contribution in [0.3, 0.4) is 0 Å². The van der Waals surface area contributed by atoms with Gasteiger partial charge < -0.3 is 0 Å². The van der Waals surface area contributed by atoms with Gasteiger partial charge in [-0.25, -0.2) is 9.36 Å². The molecule has 0 N–H and O–H groups in total. The lowest BCUT2D eigenvalue weighted by molar-refractivity contribution is -0.144. The highest BCUT2D eigenvalue weighted by molar-refractivity contribution is 6.34. The quantitative estimate of drug-likeness (QED) is 0.714. The van der Waals surface area contributed by atoms with Crippen molar-refractivity contribution in [3.63, 3.8) is 0 Å². The maximum absolute atomic E-state index is 13.0. The zero-order chi connectivity index (χ0) is 20.6. The van der Waals surface area contributed by atoms with E-state index >= 15 is 0 Å². The molecule has 9 heteroatoms. The molecule has 0 saturated heterocycles. The summed E-state index contributed by atoms with van der Waals surface area (Å²) in [5.74, 6) is -0.364. The van der Waals surface area contributed by atoms with Crippen molar-refractivity contribution in [1.29, 1.82) is 0 Å². The lowest BCUT2D eigenvalue weighted by Gasteiger charge is -2.21. The number of rotatable bonds is 3. The first kappa shape index (κ1) is 20.4. The molecular weight excluding hydrogens is 397 g/mol. The fourth-order valence-corrected chi connectivity index (χ4v) is 3.77. The minimum Gasteiger partial charge on any atom is -0.294 e. The van der Waals surface area contributed by atoms with Crippen LogP contribution >= 0.6 is 11.6 Å². The minimum absolute atomic E-state index is 0.00267. The van der Waals surface area contributed by atoms with Gasteiger partial charge in [-0.2, -0.15) is 13.2 Å². The number of nitrogens with zero attached hydrogens (tertiary/aromatic N) is 2. The first-order valence-corrected chi connectivity index (χ1v) is 9.23. The van der Waals surface area contributed by atoms with Crippen LogP contribution in [0.5, 0.6) is 0 Å². The van der Waals surface area contributed by atoms with Gasteiger partial charge in [0, 0.05) is 24.6 Å². The molecule has 2 aromatic rings. The second-order valence-electron chi connectivity index (χ2n) is 6.91. The molecule has 1 heterocycles. The summed E-state index contributed by atoms with van der Waals surface area (Å²) in [6.07, 6.45) is -0.426. The van der Waals surface area contributed by atoms with Crippen molar-refractivity contribution in [3.05, 3.63) is 61.4 Å². The molecule has 0 unspecified atom stereocenters. The van der Waals surface area contributed by atoms with Crippen molar-refractivity contribution < 1.29 is 18.0 Å². The zero-order valence-corrected chi connectivity index (χ0v) is 15.8. The molecule has 150 valence electrons. The molecule has 0 spiro atoms. The normalized spacial score (nSPS) is 15.6. The van der Waals surface area contributed by atoms with Crippen LogP contribution in [0, 0.1) is 5.92 Å². The number of aromatic nitrogens is 2. The van der Waals surface area contributed by atoms with Gasteiger partial charge in [0.05, 0.1) is 10.7 Å². The lowest BCUT2D eigenvalue weighted by atomic mass is 9.84. The van der Waals surface area contributed by atoms with Gasteiger partial charge in [0.25, 0.3) is 5.56 Å². The SMILES string of the molecule is Cn1c(C(F)(F)F)cc(=O)n(-c2ccc(Cl)c(C(=O)C3CCCCC3)c2)c1=O. The lowest BCUT2D eigenvalue weighted by Crippen LogP contribution is -2.40. The maximum Gasteiger partial charge on any atom is 0.431 e. The van der Waals surface area contributed by atoms with Crippen LogP contribution < -0.4 is 11.2 Å². The molecule has 0 atom stereocenters. The summed E-state index contributed by atoms with van der Waals surface area (Å²) in [5.41, 5.74) is -3.46. The molecular formula is C19H18ClF3N2O3. The third-order valence-electron chi connectivity index (χ3n) is 5.06. The van der Waals surface area contributed by atoms with Crippen LogP contribution in [0.2, 0.25) is 5.02 Å². The van der Waals surface area contributed by atoms with Crippen molar-refractivity contribution in [2.45, 2.75) is 38.3 Å². The van der Waals surface area contributed by atoms with Gasteiger partial charge in [-0.15, -0.1) is 0 Å². The summed E-state index contributed by atoms with van der Waals surface area (Å²) >= 11 is 6.15. The van der Waals surface area contributed by atoms with E-state index < -0.39 is 23.1 Å². The monoisotopic (exact) mass is 414 g/mol. The molecule has 5 nitrogen and oxygen atoms in total. The van der Waals surface area contributed by atoms with E-state index in [1.807, 2.05) is 0 Å². The molecule has 0 amide bonds. The Balaban J connectivity index is 2.11. The average Bonchev–Trinajstić information content (AvgIpc) is 2.65. The Bertz CT molecular complexity index is 1030. The molecule has 1 saturated carbocycles. The minimum atomic E-state index is -4.84. The van der Waals surface area contributed by atoms with Crippen LogP contribution in [0.25, 0.3) is 5.69 Å². The Hall–Kier alpha value is -2.35. The third-order valence-corrected chi connectivity index (χ3v) is 5.39. The van der Waals surface area contributed by atoms with Crippen molar-refractivity contribution in [3.8, 4) is 5.69 Å². The summed E-state index contributed by atoms with van der Waals surface area (Å²) in [5, 5.41) is 0.177. The molecule has 1 aliphatic rings. The molecule has 1 fully saturated rings. The van der Waals surface area contributed by atoms with Crippen LogP contribution in [0.4, 0.5) is 13.2 Å². The second kappa shape index (κ2) is 7.58. The number of Topliss-reactive ketones (excluding diaryl/α,β-unsaturated/α-hetero) is 1. The van der Waals surface area contributed by atoms with Crippen LogP contribution in [-0.4, -0.2) is 14.9 Å². The standard InChI is InChI=1S/C19H18ClF3N2O3/c1-24-15(19(21,22)23)10-16(26)25(18(24)28)12-7-8-14(20)13(9-12)17(27)11-5-3-2-4-6-11/h7-11H,2-6H2,1H3. The van der Waals surface area contributed by atoms with Gasteiger partial charge in [-0.05, 0) is 31.0 Å². The maximum atomic E-state index is 13.0. The summed E-state index contributed by atoms with van der Waals surface area (Å²) in [4.78, 5) is 37.5. The first-order valence-electron chi connectivity index (χ1n) is 8.85. The molecule has 1 aromatic carbocycles. The highest BCUT2D eigenvalue weighted by atomic mass is 35.5. The second-order valence-corrected chi connectivity index (χ2v) is 7.31. The third kappa shape index (κ3) is 3.78. The Kier molecular flexibility index (Phi) is 5.52. The highest BCUT2D eigenvalue weighted by Gasteiger charge is 2.35. The van der Waals surface area contributed by atoms with E-state index in [0.29, 0.717) is 15.2 Å². The van der Waals surface area contributed by atoms with E-state index in [2.05, 4.69) is 0 Å². The Morgan fingerprint density at radius 2 is 1.75 bits per heavy atom. The molecule has 0 radical (unpaired) electrons. The van der Waals surface area contributed by atoms with Crippen molar-refractivity contribution in [2.24, 2.45) is 13.0 Å². The molecule has 0 bridgehead atoms. The zero-order valence-electron chi connectivity index (χ0n) is 15.1. The van der Waals surface area contributed by atoms with E-state index in [9.17, 15) is 27.6 Å². The first-order chi connectivity index (χ1) is 13.1. The van der Waals surface area contributed by atoms with E-state index in [0.717, 1.165) is 39.2 Å². The van der Waals surface area contributed by atoms with Crippen molar-refractivity contribution in [1.82, 2.24) is 9.13 Å². The topological polar surface area (TPSA) is 61.1 Å². The van der Waals surface area contributed by atoms with E-state index in [4.69, 9.17) is 11.6 Å². The number of ketones is 1. The largest absolute Gasteiger partial charge is 0.431 e. The summed E-state index contributed by atoms with van der Waals surface area (Å²) in [7, 11) is 0.936. The Labute approximate surface area is 163 Å². The fourth-order valence-electron chi connectivity index (χ4n) is 3.56. The van der Waals surface area contributed by atoms with Gasteiger partial charge in [-0.3, -0.25) is 14.2 Å². The number of hydrogen-bond acceptors (Lipinski definition) is 3. The predicted molar refractivity (Wildman–Crippen MR) is 98.2 cm³/mol. The van der Waals surface area contributed by atoms with Gasteiger partial charge in [-0.1, -0.05) is 30.9 Å². The van der Waals surface area contributed by atoms with Crippen LogP contribution in [-0.2, 0) is 13.2 Å². The van der Waals surface area contributed by atoms with Gasteiger partial charge in [0.15, 0.2) is 5.78 Å². The molecule has 28 heavy (non-hydrogen) atoms. The number of halogens is 4. The van der Waals surface area contributed by atoms with Crippen molar-refractivity contribution in [2.75, 3.05) is 0 Å². The highest BCUT2D eigenvalue weighted by Crippen LogP contribution is 2.30. The molecule has 1 aliphatic carbocycles. The molecule has 3 rings (SSSR count). The number of benzene rings is 1. The number of hydrogen-bond donors (Lipinski definition) is 0. The Morgan fingerprint density at radius 1 is 1.11 bits per heavy atom. The smallest absolute Gasteiger partial charge is 0.294 e. The number of carbonyl (C=O) groups excluding carboxylic acids is 1. The van der Waals surface area contributed by atoms with Gasteiger partial charge >= 0.3 is 11.9 Å². The van der Waals surface area contributed by atoms with Crippen LogP contribution in [0.1, 0.15) is 48.2 Å². The van der Waals surface area contributed by atoms with E-state index in [1.165, 1.54) is 18.2 Å². The fraction of sp³-hybridized carbons (Fsp3) is 0.421. The summed E-state index contributed by atoms with van der Waals surface area (Å²) in [6.45, 7) is 0. The average molecular weight is 415 g/mol.